The molecule has 20 heavy (non-hydrogen) atoms. The highest BCUT2D eigenvalue weighted by Gasteiger charge is 2.44. The van der Waals surface area contributed by atoms with Crippen molar-refractivity contribution in [2.24, 2.45) is 0 Å². The molecule has 2 saturated heterocycles. The van der Waals surface area contributed by atoms with Crippen LogP contribution in [0.1, 0.15) is 11.8 Å². The molecule has 0 N–H and O–H groups in total. The Balaban J connectivity index is 1.73. The van der Waals surface area contributed by atoms with E-state index >= 15 is 0 Å². The molecule has 108 valence electrons. The molecule has 2 fully saturated rings. The Labute approximate surface area is 122 Å². The fraction of sp³-hybridized carbons (Fsp3) is 0.571. The lowest BCUT2D eigenvalue weighted by Crippen LogP contribution is -2.68. The van der Waals surface area contributed by atoms with Gasteiger partial charge < -0.3 is 9.80 Å². The van der Waals surface area contributed by atoms with Crippen molar-refractivity contribution in [3.63, 3.8) is 0 Å². The summed E-state index contributed by atoms with van der Waals surface area (Å²) >= 11 is 1.73. The van der Waals surface area contributed by atoms with Gasteiger partial charge in [0.15, 0.2) is 0 Å². The van der Waals surface area contributed by atoms with Crippen LogP contribution in [-0.4, -0.2) is 65.3 Å². The SMILES string of the molecule is C[C@H]1C(=O)N2CCN(Cc3cccs3)C[C@@H]2C(=O)N1C. The maximum absolute atomic E-state index is 12.4. The van der Waals surface area contributed by atoms with Crippen molar-refractivity contribution in [2.45, 2.75) is 25.6 Å². The summed E-state index contributed by atoms with van der Waals surface area (Å²) in [6, 6.07) is 3.51. The van der Waals surface area contributed by atoms with E-state index in [1.54, 1.807) is 35.1 Å². The second-order valence-electron chi connectivity index (χ2n) is 5.49. The highest BCUT2D eigenvalue weighted by Crippen LogP contribution is 2.22. The average molecular weight is 293 g/mol. The van der Waals surface area contributed by atoms with E-state index in [-0.39, 0.29) is 23.9 Å². The molecule has 3 heterocycles. The molecule has 1 aromatic heterocycles. The standard InChI is InChI=1S/C14H19N3O2S/c1-10-13(18)17-6-5-16(8-11-4-3-7-20-11)9-12(17)14(19)15(10)2/h3-4,7,10,12H,5-6,8-9H2,1-2H3/t10-,12+/m0/s1. The molecule has 5 nitrogen and oxygen atoms in total. The van der Waals surface area contributed by atoms with Crippen LogP contribution in [0.2, 0.25) is 0 Å². The molecule has 0 radical (unpaired) electrons. The van der Waals surface area contributed by atoms with Crippen molar-refractivity contribution >= 4 is 23.2 Å². The van der Waals surface area contributed by atoms with Gasteiger partial charge >= 0.3 is 0 Å². The lowest BCUT2D eigenvalue weighted by molar-refractivity contribution is -0.163. The molecule has 0 bridgehead atoms. The fourth-order valence-corrected chi connectivity index (χ4v) is 3.66. The molecule has 0 saturated carbocycles. The summed E-state index contributed by atoms with van der Waals surface area (Å²) in [6.07, 6.45) is 0. The second kappa shape index (κ2) is 5.18. The van der Waals surface area contributed by atoms with Crippen LogP contribution in [0.5, 0.6) is 0 Å². The molecule has 0 aliphatic carbocycles. The summed E-state index contributed by atoms with van der Waals surface area (Å²) in [5.41, 5.74) is 0. The largest absolute Gasteiger partial charge is 0.332 e. The van der Waals surface area contributed by atoms with Crippen molar-refractivity contribution in [1.82, 2.24) is 14.7 Å². The van der Waals surface area contributed by atoms with E-state index < -0.39 is 0 Å². The maximum Gasteiger partial charge on any atom is 0.247 e. The predicted octanol–water partition coefficient (Wildman–Crippen LogP) is 0.621. The van der Waals surface area contributed by atoms with Crippen molar-refractivity contribution in [3.8, 4) is 0 Å². The summed E-state index contributed by atoms with van der Waals surface area (Å²) in [5, 5.41) is 2.07. The zero-order chi connectivity index (χ0) is 14.3. The molecule has 2 atom stereocenters. The Kier molecular flexibility index (Phi) is 3.52. The first-order chi connectivity index (χ1) is 9.58. The third-order valence-electron chi connectivity index (χ3n) is 4.28. The number of fused-ring (bicyclic) bond motifs is 1. The molecule has 2 amide bonds. The number of nitrogens with zero attached hydrogens (tertiary/aromatic N) is 3. The van der Waals surface area contributed by atoms with Crippen molar-refractivity contribution in [2.75, 3.05) is 26.7 Å². The van der Waals surface area contributed by atoms with E-state index in [0.29, 0.717) is 13.1 Å². The number of piperazine rings is 2. The zero-order valence-electron chi connectivity index (χ0n) is 11.8. The van der Waals surface area contributed by atoms with Crippen molar-refractivity contribution < 1.29 is 9.59 Å². The van der Waals surface area contributed by atoms with E-state index in [0.717, 1.165) is 13.1 Å². The minimum atomic E-state index is -0.331. The van der Waals surface area contributed by atoms with Gasteiger partial charge in [0.25, 0.3) is 0 Å². The van der Waals surface area contributed by atoms with Gasteiger partial charge in [0.2, 0.25) is 11.8 Å². The zero-order valence-corrected chi connectivity index (χ0v) is 12.6. The number of likely N-dealkylation sites (N-methyl/N-ethyl adjacent to an activating group) is 1. The molecule has 0 aromatic carbocycles. The molecule has 0 unspecified atom stereocenters. The van der Waals surface area contributed by atoms with E-state index in [1.165, 1.54) is 4.88 Å². The number of rotatable bonds is 2. The normalized spacial score (nSPS) is 27.9. The minimum absolute atomic E-state index is 0.0629. The van der Waals surface area contributed by atoms with Crippen LogP contribution in [0.25, 0.3) is 0 Å². The van der Waals surface area contributed by atoms with Crippen LogP contribution >= 0.6 is 11.3 Å². The van der Waals surface area contributed by atoms with Crippen LogP contribution < -0.4 is 0 Å². The van der Waals surface area contributed by atoms with Gasteiger partial charge in [-0.05, 0) is 18.4 Å². The first-order valence-electron chi connectivity index (χ1n) is 6.90. The van der Waals surface area contributed by atoms with E-state index in [1.807, 2.05) is 6.07 Å². The number of hydrogen-bond acceptors (Lipinski definition) is 4. The van der Waals surface area contributed by atoms with Gasteiger partial charge in [-0.25, -0.2) is 0 Å². The number of carbonyl (C=O) groups is 2. The van der Waals surface area contributed by atoms with E-state index in [9.17, 15) is 9.59 Å². The smallest absolute Gasteiger partial charge is 0.247 e. The quantitative estimate of drug-likeness (QED) is 0.803. The van der Waals surface area contributed by atoms with Gasteiger partial charge in [-0.15, -0.1) is 11.3 Å². The lowest BCUT2D eigenvalue weighted by Gasteiger charge is -2.47. The Morgan fingerprint density at radius 3 is 2.80 bits per heavy atom. The predicted molar refractivity (Wildman–Crippen MR) is 77.3 cm³/mol. The molecule has 0 spiro atoms. The Hall–Kier alpha value is -1.40. The van der Waals surface area contributed by atoms with Crippen LogP contribution in [-0.2, 0) is 16.1 Å². The number of carbonyl (C=O) groups excluding carboxylic acids is 2. The summed E-state index contributed by atoms with van der Waals surface area (Å²) in [5.74, 6) is 0.140. The van der Waals surface area contributed by atoms with Crippen molar-refractivity contribution in [1.29, 1.82) is 0 Å². The monoisotopic (exact) mass is 293 g/mol. The highest BCUT2D eigenvalue weighted by molar-refractivity contribution is 7.09. The topological polar surface area (TPSA) is 43.9 Å². The van der Waals surface area contributed by atoms with Crippen LogP contribution in [0.4, 0.5) is 0 Å². The second-order valence-corrected chi connectivity index (χ2v) is 6.52. The Morgan fingerprint density at radius 2 is 2.10 bits per heavy atom. The number of hydrogen-bond donors (Lipinski definition) is 0. The van der Waals surface area contributed by atoms with Gasteiger partial charge in [-0.3, -0.25) is 14.5 Å². The maximum atomic E-state index is 12.4. The first-order valence-corrected chi connectivity index (χ1v) is 7.78. The molecule has 2 aliphatic rings. The molecular weight excluding hydrogens is 274 g/mol. The third kappa shape index (κ3) is 2.23. The Morgan fingerprint density at radius 1 is 1.30 bits per heavy atom. The highest BCUT2D eigenvalue weighted by atomic mass is 32.1. The van der Waals surface area contributed by atoms with Crippen molar-refractivity contribution in [3.05, 3.63) is 22.4 Å². The lowest BCUT2D eigenvalue weighted by atomic mass is 10.0. The van der Waals surface area contributed by atoms with E-state index in [4.69, 9.17) is 0 Å². The molecule has 3 rings (SSSR count). The summed E-state index contributed by atoms with van der Waals surface area (Å²) < 4.78 is 0. The van der Waals surface area contributed by atoms with Crippen LogP contribution in [0.15, 0.2) is 17.5 Å². The molecule has 2 aliphatic heterocycles. The Bertz CT molecular complexity index is 516. The van der Waals surface area contributed by atoms with E-state index in [2.05, 4.69) is 16.3 Å². The minimum Gasteiger partial charge on any atom is -0.332 e. The van der Waals surface area contributed by atoms with Crippen LogP contribution in [0.3, 0.4) is 0 Å². The summed E-state index contributed by atoms with van der Waals surface area (Å²) in [4.78, 5) is 31.5. The van der Waals surface area contributed by atoms with Crippen LogP contribution in [0, 0.1) is 0 Å². The first kappa shape index (κ1) is 13.6. The fourth-order valence-electron chi connectivity index (χ4n) is 2.91. The molecule has 1 aromatic rings. The average Bonchev–Trinajstić information content (AvgIpc) is 2.95. The third-order valence-corrected chi connectivity index (χ3v) is 5.14. The summed E-state index contributed by atoms with van der Waals surface area (Å²) in [6.45, 7) is 4.79. The van der Waals surface area contributed by atoms with Gasteiger partial charge in [-0.2, -0.15) is 0 Å². The molecule has 6 heteroatoms. The number of amides is 2. The van der Waals surface area contributed by atoms with Gasteiger partial charge in [0.1, 0.15) is 12.1 Å². The number of thiophene rings is 1. The van der Waals surface area contributed by atoms with Gasteiger partial charge in [0, 0.05) is 38.1 Å². The summed E-state index contributed by atoms with van der Waals surface area (Å²) in [7, 11) is 1.72. The van der Waals surface area contributed by atoms with Gasteiger partial charge in [-0.1, -0.05) is 6.07 Å². The van der Waals surface area contributed by atoms with Gasteiger partial charge in [0.05, 0.1) is 0 Å². The molecular formula is C14H19N3O2S.